The van der Waals surface area contributed by atoms with Crippen LogP contribution in [0, 0.1) is 0 Å². The summed E-state index contributed by atoms with van der Waals surface area (Å²) in [6.07, 6.45) is 0.818. The Morgan fingerprint density at radius 1 is 0.581 bits per heavy atom. The average Bonchev–Trinajstić information content (AvgIpc) is 2.79. The Labute approximate surface area is 181 Å². The van der Waals surface area contributed by atoms with Crippen LogP contribution in [-0.4, -0.2) is 7.11 Å². The second-order valence-corrected chi connectivity index (χ2v) is 7.14. The molecule has 4 rings (SSSR count). The van der Waals surface area contributed by atoms with Gasteiger partial charge in [-0.1, -0.05) is 24.3 Å². The van der Waals surface area contributed by atoms with E-state index in [1.165, 1.54) is 11.1 Å². The minimum absolute atomic E-state index is 0.579. The van der Waals surface area contributed by atoms with E-state index in [4.69, 9.17) is 25.7 Å². The SMILES string of the molecule is COc1cc(Oc2ccc(Cc3ccc(Oc4ccc(N)cc4)cc3)cc2)ccc1N. The number of methoxy groups -OCH3 is 1. The van der Waals surface area contributed by atoms with Crippen molar-refractivity contribution >= 4 is 11.4 Å². The highest BCUT2D eigenvalue weighted by molar-refractivity contribution is 5.56. The number of anilines is 2. The first-order valence-corrected chi connectivity index (χ1v) is 9.92. The van der Waals surface area contributed by atoms with E-state index in [0.717, 1.165) is 23.7 Å². The van der Waals surface area contributed by atoms with Crippen molar-refractivity contribution in [2.45, 2.75) is 6.42 Å². The van der Waals surface area contributed by atoms with E-state index < -0.39 is 0 Å². The fourth-order valence-corrected chi connectivity index (χ4v) is 3.15. The third kappa shape index (κ3) is 5.28. The van der Waals surface area contributed by atoms with Gasteiger partial charge < -0.3 is 25.7 Å². The molecule has 0 amide bonds. The number of benzene rings is 4. The standard InChI is InChI=1S/C26H24N2O3/c1-29-26-17-24(14-15-25(26)28)31-22-10-4-19(5-11-22)16-18-2-8-21(9-3-18)30-23-12-6-20(27)7-13-23/h2-15,17H,16,27-28H2,1H3. The molecule has 0 saturated carbocycles. The molecule has 4 aromatic rings. The minimum atomic E-state index is 0.579. The van der Waals surface area contributed by atoms with Gasteiger partial charge in [0.2, 0.25) is 0 Å². The summed E-state index contributed by atoms with van der Waals surface area (Å²) in [5.41, 5.74) is 15.2. The highest BCUT2D eigenvalue weighted by atomic mass is 16.5. The summed E-state index contributed by atoms with van der Waals surface area (Å²) in [7, 11) is 1.58. The number of ether oxygens (including phenoxy) is 3. The van der Waals surface area contributed by atoms with Crippen LogP contribution in [0.4, 0.5) is 11.4 Å². The van der Waals surface area contributed by atoms with Crippen molar-refractivity contribution in [2.75, 3.05) is 18.6 Å². The minimum Gasteiger partial charge on any atom is -0.494 e. The van der Waals surface area contributed by atoms with Gasteiger partial charge in [0, 0.05) is 11.8 Å². The molecule has 31 heavy (non-hydrogen) atoms. The molecule has 0 spiro atoms. The van der Waals surface area contributed by atoms with E-state index in [2.05, 4.69) is 24.3 Å². The van der Waals surface area contributed by atoms with Gasteiger partial charge in [-0.05, 0) is 78.2 Å². The molecule has 0 unspecified atom stereocenters. The lowest BCUT2D eigenvalue weighted by molar-refractivity contribution is 0.411. The number of rotatable bonds is 7. The lowest BCUT2D eigenvalue weighted by Gasteiger charge is -2.10. The van der Waals surface area contributed by atoms with Gasteiger partial charge >= 0.3 is 0 Å². The second kappa shape index (κ2) is 9.13. The first-order chi connectivity index (χ1) is 15.1. The largest absolute Gasteiger partial charge is 0.494 e. The van der Waals surface area contributed by atoms with E-state index in [0.29, 0.717) is 22.9 Å². The molecule has 0 aliphatic rings. The molecule has 5 nitrogen and oxygen atoms in total. The fraction of sp³-hybridized carbons (Fsp3) is 0.0769. The summed E-state index contributed by atoms with van der Waals surface area (Å²) < 4.78 is 17.0. The van der Waals surface area contributed by atoms with Crippen LogP contribution in [0.5, 0.6) is 28.7 Å². The molecular weight excluding hydrogens is 388 g/mol. The normalized spacial score (nSPS) is 10.5. The van der Waals surface area contributed by atoms with E-state index in [-0.39, 0.29) is 0 Å². The third-order valence-electron chi connectivity index (χ3n) is 4.81. The second-order valence-electron chi connectivity index (χ2n) is 7.14. The third-order valence-corrected chi connectivity index (χ3v) is 4.81. The lowest BCUT2D eigenvalue weighted by atomic mass is 10.0. The van der Waals surface area contributed by atoms with Crippen molar-refractivity contribution in [2.24, 2.45) is 0 Å². The van der Waals surface area contributed by atoms with Crippen molar-refractivity contribution in [3.63, 3.8) is 0 Å². The van der Waals surface area contributed by atoms with E-state index in [1.54, 1.807) is 19.2 Å². The van der Waals surface area contributed by atoms with Gasteiger partial charge in [-0.25, -0.2) is 0 Å². The Bertz CT molecular complexity index is 1140. The summed E-state index contributed by atoms with van der Waals surface area (Å²) in [5, 5.41) is 0. The van der Waals surface area contributed by atoms with Gasteiger partial charge in [0.1, 0.15) is 28.7 Å². The predicted octanol–water partition coefficient (Wildman–Crippen LogP) is 6.04. The van der Waals surface area contributed by atoms with Gasteiger partial charge in [0.15, 0.2) is 0 Å². The predicted molar refractivity (Wildman–Crippen MR) is 124 cm³/mol. The van der Waals surface area contributed by atoms with Crippen molar-refractivity contribution in [3.8, 4) is 28.7 Å². The van der Waals surface area contributed by atoms with Crippen LogP contribution in [0.3, 0.4) is 0 Å². The van der Waals surface area contributed by atoms with Crippen LogP contribution < -0.4 is 25.7 Å². The Hall–Kier alpha value is -4.12. The van der Waals surface area contributed by atoms with Gasteiger partial charge in [-0.2, -0.15) is 0 Å². The van der Waals surface area contributed by atoms with Gasteiger partial charge in [-0.3, -0.25) is 0 Å². The number of hydrogen-bond acceptors (Lipinski definition) is 5. The molecule has 0 aliphatic carbocycles. The highest BCUT2D eigenvalue weighted by Crippen LogP contribution is 2.30. The Morgan fingerprint density at radius 3 is 1.55 bits per heavy atom. The molecule has 4 N–H and O–H groups in total. The molecule has 5 heteroatoms. The van der Waals surface area contributed by atoms with Crippen LogP contribution >= 0.6 is 0 Å². The van der Waals surface area contributed by atoms with Gasteiger partial charge in [0.25, 0.3) is 0 Å². The van der Waals surface area contributed by atoms with Crippen LogP contribution in [-0.2, 0) is 6.42 Å². The lowest BCUT2D eigenvalue weighted by Crippen LogP contribution is -1.93. The zero-order chi connectivity index (χ0) is 21.6. The molecular formula is C26H24N2O3. The average molecular weight is 412 g/mol. The maximum absolute atomic E-state index is 5.90. The molecule has 0 aromatic heterocycles. The molecule has 156 valence electrons. The summed E-state index contributed by atoms with van der Waals surface area (Å²) in [6, 6.07) is 28.8. The zero-order valence-corrected chi connectivity index (χ0v) is 17.2. The Balaban J connectivity index is 1.37. The van der Waals surface area contributed by atoms with Crippen LogP contribution in [0.25, 0.3) is 0 Å². The van der Waals surface area contributed by atoms with Gasteiger partial charge in [-0.15, -0.1) is 0 Å². The molecule has 4 aromatic carbocycles. The van der Waals surface area contributed by atoms with E-state index in [1.807, 2.05) is 54.6 Å². The summed E-state index contributed by atoms with van der Waals surface area (Å²) in [6.45, 7) is 0. The number of nitrogens with two attached hydrogens (primary N) is 2. The van der Waals surface area contributed by atoms with Crippen molar-refractivity contribution < 1.29 is 14.2 Å². The Kier molecular flexibility index (Phi) is 5.94. The molecule has 0 atom stereocenters. The van der Waals surface area contributed by atoms with Crippen LogP contribution in [0.15, 0.2) is 91.0 Å². The van der Waals surface area contributed by atoms with Crippen molar-refractivity contribution in [3.05, 3.63) is 102 Å². The summed E-state index contributed by atoms with van der Waals surface area (Å²) in [5.74, 6) is 3.57. The van der Waals surface area contributed by atoms with Crippen LogP contribution in [0.2, 0.25) is 0 Å². The summed E-state index contributed by atoms with van der Waals surface area (Å²) >= 11 is 0. The van der Waals surface area contributed by atoms with Crippen LogP contribution in [0.1, 0.15) is 11.1 Å². The topological polar surface area (TPSA) is 79.7 Å². The maximum atomic E-state index is 5.90. The van der Waals surface area contributed by atoms with E-state index in [9.17, 15) is 0 Å². The monoisotopic (exact) mass is 412 g/mol. The Morgan fingerprint density at radius 2 is 1.03 bits per heavy atom. The number of hydrogen-bond donors (Lipinski definition) is 2. The smallest absolute Gasteiger partial charge is 0.145 e. The molecule has 0 saturated heterocycles. The first kappa shape index (κ1) is 20.2. The molecule has 0 heterocycles. The van der Waals surface area contributed by atoms with Crippen molar-refractivity contribution in [1.82, 2.24) is 0 Å². The highest BCUT2D eigenvalue weighted by Gasteiger charge is 2.04. The first-order valence-electron chi connectivity index (χ1n) is 9.92. The zero-order valence-electron chi connectivity index (χ0n) is 17.2. The quantitative estimate of drug-likeness (QED) is 0.362. The summed E-state index contributed by atoms with van der Waals surface area (Å²) in [4.78, 5) is 0. The molecule has 0 aliphatic heterocycles. The molecule has 0 bridgehead atoms. The fourth-order valence-electron chi connectivity index (χ4n) is 3.15. The molecule has 0 fully saturated rings. The van der Waals surface area contributed by atoms with E-state index >= 15 is 0 Å². The van der Waals surface area contributed by atoms with Crippen molar-refractivity contribution in [1.29, 1.82) is 0 Å². The van der Waals surface area contributed by atoms with Gasteiger partial charge in [0.05, 0.1) is 12.8 Å². The number of nitrogen functional groups attached to an aromatic ring is 2. The molecule has 0 radical (unpaired) electrons. The maximum Gasteiger partial charge on any atom is 0.145 e.